The molecule has 1 saturated carbocycles. The minimum Gasteiger partial charge on any atom is -0.304 e. The third kappa shape index (κ3) is 3.42. The van der Waals surface area contributed by atoms with Gasteiger partial charge in [0.05, 0.1) is 0 Å². The lowest BCUT2D eigenvalue weighted by atomic mass is 9.95. The fraction of sp³-hybridized carbons (Fsp3) is 0.667. The van der Waals surface area contributed by atoms with Gasteiger partial charge in [-0.2, -0.15) is 0 Å². The molecule has 20 heavy (non-hydrogen) atoms. The van der Waals surface area contributed by atoms with E-state index in [-0.39, 0.29) is 0 Å². The van der Waals surface area contributed by atoms with E-state index >= 15 is 0 Å². The second-order valence-corrected chi connectivity index (χ2v) is 7.02. The molecule has 110 valence electrons. The maximum atomic E-state index is 2.61. The van der Waals surface area contributed by atoms with Gasteiger partial charge in [-0.05, 0) is 48.4 Å². The summed E-state index contributed by atoms with van der Waals surface area (Å²) in [4.78, 5) is 5.03. The maximum absolute atomic E-state index is 2.61. The van der Waals surface area contributed by atoms with E-state index in [2.05, 4.69) is 48.9 Å². The van der Waals surface area contributed by atoms with Gasteiger partial charge in [0.25, 0.3) is 0 Å². The first-order chi connectivity index (χ1) is 9.61. The SMILES string of the molecule is CC(C)c1cc(CN2CCN(C)CC2)cc(C2CC2)c1. The van der Waals surface area contributed by atoms with Gasteiger partial charge in [-0.15, -0.1) is 0 Å². The Hall–Kier alpha value is -0.860. The van der Waals surface area contributed by atoms with Gasteiger partial charge in [0, 0.05) is 32.7 Å². The number of likely N-dealkylation sites (N-methyl/N-ethyl adjacent to an activating group) is 1. The van der Waals surface area contributed by atoms with Crippen LogP contribution >= 0.6 is 0 Å². The molecule has 1 aliphatic heterocycles. The maximum Gasteiger partial charge on any atom is 0.0235 e. The highest BCUT2D eigenvalue weighted by Crippen LogP contribution is 2.41. The average Bonchev–Trinajstić information content (AvgIpc) is 3.25. The van der Waals surface area contributed by atoms with Crippen molar-refractivity contribution >= 4 is 0 Å². The summed E-state index contributed by atoms with van der Waals surface area (Å²) in [7, 11) is 2.22. The van der Waals surface area contributed by atoms with Gasteiger partial charge in [-0.25, -0.2) is 0 Å². The lowest BCUT2D eigenvalue weighted by Crippen LogP contribution is -2.43. The first kappa shape index (κ1) is 14.1. The predicted molar refractivity (Wildman–Crippen MR) is 85.3 cm³/mol. The molecule has 0 radical (unpaired) electrons. The van der Waals surface area contributed by atoms with Crippen LogP contribution in [-0.2, 0) is 6.54 Å². The van der Waals surface area contributed by atoms with E-state index in [1.54, 1.807) is 5.56 Å². The molecule has 0 aromatic heterocycles. The molecule has 0 spiro atoms. The van der Waals surface area contributed by atoms with Crippen LogP contribution in [0.5, 0.6) is 0 Å². The van der Waals surface area contributed by atoms with Gasteiger partial charge in [0.1, 0.15) is 0 Å². The fourth-order valence-corrected chi connectivity index (χ4v) is 3.09. The Balaban J connectivity index is 1.74. The van der Waals surface area contributed by atoms with E-state index < -0.39 is 0 Å². The summed E-state index contributed by atoms with van der Waals surface area (Å²) in [5.41, 5.74) is 4.65. The third-order valence-corrected chi connectivity index (χ3v) is 4.75. The van der Waals surface area contributed by atoms with Crippen molar-refractivity contribution in [2.24, 2.45) is 0 Å². The number of nitrogens with zero attached hydrogens (tertiary/aromatic N) is 2. The van der Waals surface area contributed by atoms with Crippen LogP contribution in [0, 0.1) is 0 Å². The highest BCUT2D eigenvalue weighted by atomic mass is 15.2. The van der Waals surface area contributed by atoms with Crippen LogP contribution in [0.3, 0.4) is 0 Å². The highest BCUT2D eigenvalue weighted by Gasteiger charge is 2.24. The van der Waals surface area contributed by atoms with Crippen LogP contribution in [0.2, 0.25) is 0 Å². The van der Waals surface area contributed by atoms with Crippen LogP contribution < -0.4 is 0 Å². The topological polar surface area (TPSA) is 6.48 Å². The molecule has 3 rings (SSSR count). The van der Waals surface area contributed by atoms with Gasteiger partial charge in [-0.3, -0.25) is 4.90 Å². The molecule has 2 nitrogen and oxygen atoms in total. The molecule has 0 atom stereocenters. The molecule has 0 bridgehead atoms. The van der Waals surface area contributed by atoms with Crippen molar-refractivity contribution in [1.29, 1.82) is 0 Å². The molecular weight excluding hydrogens is 244 g/mol. The Bertz CT molecular complexity index is 434. The molecule has 0 N–H and O–H groups in total. The van der Waals surface area contributed by atoms with Crippen LogP contribution in [0.15, 0.2) is 18.2 Å². The minimum atomic E-state index is 0.639. The molecule has 2 aliphatic rings. The second kappa shape index (κ2) is 5.87. The van der Waals surface area contributed by atoms with Gasteiger partial charge in [0.15, 0.2) is 0 Å². The van der Waals surface area contributed by atoms with E-state index in [4.69, 9.17) is 0 Å². The number of hydrogen-bond donors (Lipinski definition) is 0. The van der Waals surface area contributed by atoms with Crippen molar-refractivity contribution in [3.05, 3.63) is 34.9 Å². The van der Waals surface area contributed by atoms with Crippen LogP contribution in [0.4, 0.5) is 0 Å². The number of rotatable bonds is 4. The van der Waals surface area contributed by atoms with Crippen molar-refractivity contribution in [1.82, 2.24) is 9.80 Å². The van der Waals surface area contributed by atoms with Crippen molar-refractivity contribution in [2.45, 2.75) is 45.1 Å². The summed E-state index contributed by atoms with van der Waals surface area (Å²) in [6.07, 6.45) is 2.80. The van der Waals surface area contributed by atoms with E-state index in [9.17, 15) is 0 Å². The summed E-state index contributed by atoms with van der Waals surface area (Å²) in [5.74, 6) is 1.50. The Labute approximate surface area is 123 Å². The summed E-state index contributed by atoms with van der Waals surface area (Å²) in [6, 6.07) is 7.37. The van der Waals surface area contributed by atoms with Crippen molar-refractivity contribution in [3.63, 3.8) is 0 Å². The molecule has 1 heterocycles. The first-order valence-corrected chi connectivity index (χ1v) is 8.16. The number of piperazine rings is 1. The van der Waals surface area contributed by atoms with Crippen molar-refractivity contribution in [2.75, 3.05) is 33.2 Å². The standard InChI is InChI=1S/C18H28N2/c1-14(2)17-10-15(11-18(12-17)16-4-5-16)13-20-8-6-19(3)7-9-20/h10-12,14,16H,4-9,13H2,1-3H3. The minimum absolute atomic E-state index is 0.639. The number of hydrogen-bond acceptors (Lipinski definition) is 2. The normalized spacial score (nSPS) is 21.6. The predicted octanol–water partition coefficient (Wildman–Crippen LogP) is 3.43. The zero-order chi connectivity index (χ0) is 14.1. The van der Waals surface area contributed by atoms with Crippen molar-refractivity contribution in [3.8, 4) is 0 Å². The van der Waals surface area contributed by atoms with E-state index in [0.29, 0.717) is 5.92 Å². The zero-order valence-corrected chi connectivity index (χ0v) is 13.2. The Morgan fingerprint density at radius 2 is 1.75 bits per heavy atom. The van der Waals surface area contributed by atoms with Crippen molar-refractivity contribution < 1.29 is 0 Å². The van der Waals surface area contributed by atoms with E-state index in [1.807, 2.05) is 0 Å². The molecule has 2 fully saturated rings. The molecule has 0 amide bonds. The summed E-state index contributed by atoms with van der Waals surface area (Å²) >= 11 is 0. The number of benzene rings is 1. The monoisotopic (exact) mass is 272 g/mol. The Kier molecular flexibility index (Phi) is 4.13. The molecule has 1 aliphatic carbocycles. The van der Waals surface area contributed by atoms with Gasteiger partial charge >= 0.3 is 0 Å². The van der Waals surface area contributed by atoms with Crippen LogP contribution in [-0.4, -0.2) is 43.0 Å². The molecule has 1 aromatic rings. The Morgan fingerprint density at radius 3 is 2.35 bits per heavy atom. The van der Waals surface area contributed by atoms with E-state index in [0.717, 1.165) is 12.5 Å². The van der Waals surface area contributed by atoms with Crippen LogP contribution in [0.25, 0.3) is 0 Å². The quantitative estimate of drug-likeness (QED) is 0.828. The first-order valence-electron chi connectivity index (χ1n) is 8.16. The molecule has 1 aromatic carbocycles. The molecular formula is C18H28N2. The van der Waals surface area contributed by atoms with Gasteiger partial charge < -0.3 is 4.90 Å². The van der Waals surface area contributed by atoms with Gasteiger partial charge in [0.2, 0.25) is 0 Å². The largest absolute Gasteiger partial charge is 0.304 e. The summed E-state index contributed by atoms with van der Waals surface area (Å²) in [5, 5.41) is 0. The zero-order valence-electron chi connectivity index (χ0n) is 13.2. The van der Waals surface area contributed by atoms with Crippen LogP contribution in [0.1, 0.15) is 55.2 Å². The smallest absolute Gasteiger partial charge is 0.0235 e. The average molecular weight is 272 g/mol. The third-order valence-electron chi connectivity index (χ3n) is 4.75. The summed E-state index contributed by atoms with van der Waals surface area (Å²) in [6.45, 7) is 10.6. The van der Waals surface area contributed by atoms with E-state index in [1.165, 1.54) is 50.1 Å². The molecule has 2 heteroatoms. The Morgan fingerprint density at radius 1 is 1.05 bits per heavy atom. The molecule has 1 saturated heterocycles. The fourth-order valence-electron chi connectivity index (χ4n) is 3.09. The van der Waals surface area contributed by atoms with Gasteiger partial charge in [-0.1, -0.05) is 32.0 Å². The summed E-state index contributed by atoms with van der Waals surface area (Å²) < 4.78 is 0. The lowest BCUT2D eigenvalue weighted by molar-refractivity contribution is 0.148. The lowest BCUT2D eigenvalue weighted by Gasteiger charge is -2.32. The second-order valence-electron chi connectivity index (χ2n) is 7.02. The highest BCUT2D eigenvalue weighted by molar-refractivity contribution is 5.35. The molecule has 0 unspecified atom stereocenters.